The van der Waals surface area contributed by atoms with E-state index in [0.717, 1.165) is 11.5 Å². The standard InChI is InChI=1S/C19H19F2.Y/c1-13-2-4-14(5-3-13)15-6-8-16(9-7-15)17-10-18(20)12-19(21)11-17;/h6-11,13-14H,2-5H2,1H3;/q-1;. The number of halogens is 2. The monoisotopic (exact) mass is 374 g/mol. The molecule has 1 aliphatic rings. The predicted octanol–water partition coefficient (Wildman–Crippen LogP) is 5.72. The second-order valence-corrected chi connectivity index (χ2v) is 6.14. The zero-order valence-corrected chi connectivity index (χ0v) is 15.6. The van der Waals surface area contributed by atoms with Crippen LogP contribution in [-0.2, 0) is 32.7 Å². The molecule has 0 nitrogen and oxygen atoms in total. The van der Waals surface area contributed by atoms with Crippen LogP contribution in [0, 0.1) is 23.6 Å². The van der Waals surface area contributed by atoms with Crippen molar-refractivity contribution in [2.75, 3.05) is 0 Å². The SMILES string of the molecule is CC1CCC(c2ccc(-c3cc(F)[c-]c(F)c3)cc2)CC1.[Y]. The molecule has 0 saturated heterocycles. The summed E-state index contributed by atoms with van der Waals surface area (Å²) in [5, 5.41) is 0. The van der Waals surface area contributed by atoms with E-state index in [2.05, 4.69) is 19.1 Å². The van der Waals surface area contributed by atoms with Crippen LogP contribution >= 0.6 is 0 Å². The zero-order valence-electron chi connectivity index (χ0n) is 12.8. The first-order valence-electron chi connectivity index (χ1n) is 7.60. The molecule has 2 aromatic carbocycles. The molecule has 1 saturated carbocycles. The van der Waals surface area contributed by atoms with Crippen molar-refractivity contribution in [3.63, 3.8) is 0 Å². The second kappa shape index (κ2) is 7.79. The van der Waals surface area contributed by atoms with E-state index >= 15 is 0 Å². The van der Waals surface area contributed by atoms with Gasteiger partial charge in [0.25, 0.3) is 0 Å². The van der Waals surface area contributed by atoms with Crippen LogP contribution in [0.15, 0.2) is 36.4 Å². The molecule has 0 spiro atoms. The third-order valence-corrected chi connectivity index (χ3v) is 4.53. The van der Waals surface area contributed by atoms with E-state index in [-0.39, 0.29) is 32.7 Å². The van der Waals surface area contributed by atoms with Crippen LogP contribution in [0.1, 0.15) is 44.1 Å². The minimum atomic E-state index is -0.657. The average molecular weight is 374 g/mol. The number of hydrogen-bond acceptors (Lipinski definition) is 0. The van der Waals surface area contributed by atoms with E-state index in [9.17, 15) is 8.78 Å². The van der Waals surface area contributed by atoms with Crippen molar-refractivity contribution in [2.45, 2.75) is 38.5 Å². The molecule has 3 heteroatoms. The fourth-order valence-corrected chi connectivity index (χ4v) is 3.21. The third-order valence-electron chi connectivity index (χ3n) is 4.53. The van der Waals surface area contributed by atoms with Crippen LogP contribution < -0.4 is 0 Å². The maximum absolute atomic E-state index is 13.2. The van der Waals surface area contributed by atoms with Crippen molar-refractivity contribution < 1.29 is 41.5 Å². The first-order valence-corrected chi connectivity index (χ1v) is 7.60. The van der Waals surface area contributed by atoms with Crippen LogP contribution in [0.2, 0.25) is 0 Å². The van der Waals surface area contributed by atoms with E-state index in [1.54, 1.807) is 0 Å². The molecule has 3 rings (SSSR count). The number of benzene rings is 2. The normalized spacial score (nSPS) is 21.2. The Morgan fingerprint density at radius 2 is 1.41 bits per heavy atom. The average Bonchev–Trinajstić information content (AvgIpc) is 2.47. The minimum absolute atomic E-state index is 0. The smallest absolute Gasteiger partial charge is 0.0142 e. The van der Waals surface area contributed by atoms with Gasteiger partial charge in [-0.3, -0.25) is 0 Å². The van der Waals surface area contributed by atoms with Gasteiger partial charge < -0.3 is 0 Å². The molecule has 0 aromatic heterocycles. The third kappa shape index (κ3) is 4.23. The van der Waals surface area contributed by atoms with Crippen molar-refractivity contribution in [3.05, 3.63) is 59.7 Å². The molecule has 2 aromatic rings. The molecule has 0 unspecified atom stereocenters. The van der Waals surface area contributed by atoms with Crippen LogP contribution in [0.4, 0.5) is 8.78 Å². The molecule has 1 radical (unpaired) electrons. The quantitative estimate of drug-likeness (QED) is 0.590. The summed E-state index contributed by atoms with van der Waals surface area (Å²) in [7, 11) is 0. The first kappa shape index (κ1) is 17.8. The molecule has 0 N–H and O–H groups in total. The summed E-state index contributed by atoms with van der Waals surface area (Å²) < 4.78 is 26.4. The molecule has 0 bridgehead atoms. The predicted molar refractivity (Wildman–Crippen MR) is 81.0 cm³/mol. The summed E-state index contributed by atoms with van der Waals surface area (Å²) >= 11 is 0. The summed E-state index contributed by atoms with van der Waals surface area (Å²) in [6.07, 6.45) is 5.06. The summed E-state index contributed by atoms with van der Waals surface area (Å²) in [4.78, 5) is 0. The summed E-state index contributed by atoms with van der Waals surface area (Å²) in [5.74, 6) is 0.158. The molecule has 22 heavy (non-hydrogen) atoms. The number of hydrogen-bond donors (Lipinski definition) is 0. The first-order chi connectivity index (χ1) is 10.1. The molecule has 1 fully saturated rings. The van der Waals surface area contributed by atoms with E-state index in [0.29, 0.717) is 11.5 Å². The maximum Gasteiger partial charge on any atom is 0.0142 e. The topological polar surface area (TPSA) is 0 Å². The number of rotatable bonds is 2. The summed E-state index contributed by atoms with van der Waals surface area (Å²) in [5.41, 5.74) is 2.75. The molecule has 113 valence electrons. The molecular weight excluding hydrogens is 355 g/mol. The zero-order chi connectivity index (χ0) is 14.8. The molecule has 0 atom stereocenters. The molecule has 0 heterocycles. The summed E-state index contributed by atoms with van der Waals surface area (Å²) in [6.45, 7) is 2.31. The Morgan fingerprint density at radius 1 is 0.864 bits per heavy atom. The van der Waals surface area contributed by atoms with Crippen LogP contribution in [0.5, 0.6) is 0 Å². The van der Waals surface area contributed by atoms with Crippen molar-refractivity contribution in [1.82, 2.24) is 0 Å². The van der Waals surface area contributed by atoms with E-state index in [1.165, 1.54) is 43.4 Å². The van der Waals surface area contributed by atoms with E-state index in [4.69, 9.17) is 0 Å². The van der Waals surface area contributed by atoms with Gasteiger partial charge in [-0.05, 0) is 35.8 Å². The van der Waals surface area contributed by atoms with Crippen LogP contribution in [0.25, 0.3) is 11.1 Å². The van der Waals surface area contributed by atoms with Gasteiger partial charge in [-0.25, -0.2) is 8.78 Å². The minimum Gasteiger partial charge on any atom is -0.236 e. The molecule has 0 amide bonds. The van der Waals surface area contributed by atoms with Crippen molar-refractivity contribution in [1.29, 1.82) is 0 Å². The van der Waals surface area contributed by atoms with E-state index in [1.807, 2.05) is 18.2 Å². The van der Waals surface area contributed by atoms with Gasteiger partial charge in [0.1, 0.15) is 0 Å². The van der Waals surface area contributed by atoms with Gasteiger partial charge >= 0.3 is 0 Å². The fraction of sp³-hybridized carbons (Fsp3) is 0.368. The van der Waals surface area contributed by atoms with Gasteiger partial charge in [-0.2, -0.15) is 0 Å². The van der Waals surface area contributed by atoms with Gasteiger partial charge in [0.15, 0.2) is 0 Å². The fourth-order valence-electron chi connectivity index (χ4n) is 3.21. The van der Waals surface area contributed by atoms with Gasteiger partial charge in [-0.15, -0.1) is 23.8 Å². The second-order valence-electron chi connectivity index (χ2n) is 6.14. The van der Waals surface area contributed by atoms with Crippen molar-refractivity contribution >= 4 is 0 Å². The maximum atomic E-state index is 13.2. The van der Waals surface area contributed by atoms with Crippen molar-refractivity contribution in [2.24, 2.45) is 5.92 Å². The van der Waals surface area contributed by atoms with Gasteiger partial charge in [0, 0.05) is 44.3 Å². The van der Waals surface area contributed by atoms with E-state index < -0.39 is 11.6 Å². The Morgan fingerprint density at radius 3 is 1.95 bits per heavy atom. The van der Waals surface area contributed by atoms with Crippen LogP contribution in [-0.4, -0.2) is 0 Å². The Balaban J connectivity index is 0.00000176. The van der Waals surface area contributed by atoms with Gasteiger partial charge in [0.2, 0.25) is 0 Å². The Hall–Kier alpha value is -0.596. The van der Waals surface area contributed by atoms with Crippen LogP contribution in [0.3, 0.4) is 0 Å². The Kier molecular flexibility index (Phi) is 6.29. The van der Waals surface area contributed by atoms with Gasteiger partial charge in [0.05, 0.1) is 0 Å². The Labute approximate surface area is 156 Å². The molecular formula is C19H19F2Y-. The molecule has 1 aliphatic carbocycles. The van der Waals surface area contributed by atoms with Gasteiger partial charge in [-0.1, -0.05) is 44.0 Å². The van der Waals surface area contributed by atoms with Crippen molar-refractivity contribution in [3.8, 4) is 11.1 Å². The molecule has 0 aliphatic heterocycles. The Bertz CT molecular complexity index is 594. The largest absolute Gasteiger partial charge is 0.236 e. The summed E-state index contributed by atoms with van der Waals surface area (Å²) in [6, 6.07) is 12.8.